The first kappa shape index (κ1) is 13.1. The van der Waals surface area contributed by atoms with Crippen molar-refractivity contribution in [2.45, 2.75) is 13.5 Å². The summed E-state index contributed by atoms with van der Waals surface area (Å²) in [6.45, 7) is 2.13. The van der Waals surface area contributed by atoms with Gasteiger partial charge in [-0.1, -0.05) is 35.9 Å². The topological polar surface area (TPSA) is 41.1 Å². The zero-order valence-corrected chi connectivity index (χ0v) is 10.6. The molecule has 0 atom stereocenters. The molecule has 0 aliphatic rings. The van der Waals surface area contributed by atoms with E-state index in [1.807, 2.05) is 31.2 Å². The third kappa shape index (κ3) is 3.81. The molecule has 2 aromatic carbocycles. The van der Waals surface area contributed by atoms with Crippen LogP contribution in [0.3, 0.4) is 0 Å². The number of anilines is 1. The zero-order chi connectivity index (χ0) is 13.7. The van der Waals surface area contributed by atoms with Crippen LogP contribution in [-0.2, 0) is 6.54 Å². The summed E-state index contributed by atoms with van der Waals surface area (Å²) in [5.41, 5.74) is 2.29. The molecule has 0 radical (unpaired) electrons. The van der Waals surface area contributed by atoms with Crippen LogP contribution in [0.2, 0.25) is 0 Å². The second-order valence-corrected chi connectivity index (χ2v) is 4.27. The number of rotatable bonds is 3. The van der Waals surface area contributed by atoms with Crippen LogP contribution in [-0.4, -0.2) is 6.03 Å². The third-order valence-electron chi connectivity index (χ3n) is 2.71. The minimum atomic E-state index is -0.355. The summed E-state index contributed by atoms with van der Waals surface area (Å²) in [5.74, 6) is -0.321. The molecule has 0 saturated heterocycles. The van der Waals surface area contributed by atoms with Gasteiger partial charge >= 0.3 is 6.03 Å². The van der Waals surface area contributed by atoms with Gasteiger partial charge in [0, 0.05) is 17.8 Å². The molecular weight excluding hydrogens is 243 g/mol. The fourth-order valence-electron chi connectivity index (χ4n) is 1.63. The van der Waals surface area contributed by atoms with Crippen LogP contribution in [0.25, 0.3) is 0 Å². The van der Waals surface area contributed by atoms with E-state index < -0.39 is 0 Å². The number of carbonyl (C=O) groups excluding carboxylic acids is 1. The summed E-state index contributed by atoms with van der Waals surface area (Å²) < 4.78 is 13.3. The zero-order valence-electron chi connectivity index (χ0n) is 10.6. The van der Waals surface area contributed by atoms with Crippen LogP contribution in [0.4, 0.5) is 14.9 Å². The number of carbonyl (C=O) groups is 1. The van der Waals surface area contributed by atoms with Crippen LogP contribution in [0.5, 0.6) is 0 Å². The van der Waals surface area contributed by atoms with Gasteiger partial charge in [0.1, 0.15) is 5.82 Å². The van der Waals surface area contributed by atoms with Gasteiger partial charge in [0.25, 0.3) is 0 Å². The lowest BCUT2D eigenvalue weighted by atomic mass is 10.2. The summed E-state index contributed by atoms with van der Waals surface area (Å²) in [6.07, 6.45) is 0. The van der Waals surface area contributed by atoms with Crippen LogP contribution in [0.1, 0.15) is 11.1 Å². The Labute approximate surface area is 111 Å². The summed E-state index contributed by atoms with van der Waals surface area (Å²) in [4.78, 5) is 11.6. The maximum atomic E-state index is 13.3. The van der Waals surface area contributed by atoms with Crippen molar-refractivity contribution in [3.63, 3.8) is 0 Å². The van der Waals surface area contributed by atoms with Crippen molar-refractivity contribution in [1.29, 1.82) is 0 Å². The summed E-state index contributed by atoms with van der Waals surface area (Å²) >= 11 is 0. The van der Waals surface area contributed by atoms with Crippen LogP contribution >= 0.6 is 0 Å². The predicted molar refractivity (Wildman–Crippen MR) is 73.4 cm³/mol. The van der Waals surface area contributed by atoms with Crippen LogP contribution < -0.4 is 10.6 Å². The monoisotopic (exact) mass is 258 g/mol. The average molecular weight is 258 g/mol. The average Bonchev–Trinajstić information content (AvgIpc) is 2.40. The maximum Gasteiger partial charge on any atom is 0.319 e. The molecule has 2 amide bonds. The number of hydrogen-bond donors (Lipinski definition) is 2. The van der Waals surface area contributed by atoms with Crippen molar-refractivity contribution >= 4 is 11.7 Å². The second-order valence-electron chi connectivity index (χ2n) is 4.27. The minimum Gasteiger partial charge on any atom is -0.334 e. The molecule has 0 spiro atoms. The first-order valence-electron chi connectivity index (χ1n) is 6.00. The standard InChI is InChI=1S/C15H15FN2O/c1-11-6-8-13(9-7-11)18-15(19)17-10-12-4-2-3-5-14(12)16/h2-9H,10H2,1H3,(H2,17,18,19). The molecule has 0 bridgehead atoms. The highest BCUT2D eigenvalue weighted by Crippen LogP contribution is 2.09. The minimum absolute atomic E-state index is 0.157. The van der Waals surface area contributed by atoms with E-state index in [4.69, 9.17) is 0 Å². The lowest BCUT2D eigenvalue weighted by Crippen LogP contribution is -2.28. The highest BCUT2D eigenvalue weighted by atomic mass is 19.1. The van der Waals surface area contributed by atoms with E-state index in [1.165, 1.54) is 6.07 Å². The normalized spacial score (nSPS) is 10.0. The molecule has 98 valence electrons. The quantitative estimate of drug-likeness (QED) is 0.869. The molecule has 0 unspecified atom stereocenters. The fourth-order valence-corrected chi connectivity index (χ4v) is 1.63. The molecule has 0 fully saturated rings. The highest BCUT2D eigenvalue weighted by Gasteiger charge is 2.04. The molecule has 0 aliphatic carbocycles. The van der Waals surface area contributed by atoms with Gasteiger partial charge in [-0.05, 0) is 25.1 Å². The van der Waals surface area contributed by atoms with Gasteiger partial charge in [-0.15, -0.1) is 0 Å². The molecule has 2 aromatic rings. The number of urea groups is 1. The van der Waals surface area contributed by atoms with Crippen molar-refractivity contribution < 1.29 is 9.18 Å². The molecule has 0 aromatic heterocycles. The van der Waals surface area contributed by atoms with E-state index in [2.05, 4.69) is 10.6 Å². The summed E-state index contributed by atoms with van der Waals surface area (Å²) in [6, 6.07) is 13.5. The number of hydrogen-bond acceptors (Lipinski definition) is 1. The van der Waals surface area contributed by atoms with Crippen molar-refractivity contribution in [3.8, 4) is 0 Å². The molecule has 0 heterocycles. The summed E-state index contributed by atoms with van der Waals surface area (Å²) in [7, 11) is 0. The summed E-state index contributed by atoms with van der Waals surface area (Å²) in [5, 5.41) is 5.30. The van der Waals surface area contributed by atoms with Crippen LogP contribution in [0.15, 0.2) is 48.5 Å². The lowest BCUT2D eigenvalue weighted by molar-refractivity contribution is 0.251. The highest BCUT2D eigenvalue weighted by molar-refractivity contribution is 5.89. The predicted octanol–water partition coefficient (Wildman–Crippen LogP) is 3.46. The molecule has 3 nitrogen and oxygen atoms in total. The van der Waals surface area contributed by atoms with Gasteiger partial charge in [-0.2, -0.15) is 0 Å². The first-order valence-corrected chi connectivity index (χ1v) is 6.00. The van der Waals surface area contributed by atoms with Crippen molar-refractivity contribution in [1.82, 2.24) is 5.32 Å². The maximum absolute atomic E-state index is 13.3. The smallest absolute Gasteiger partial charge is 0.319 e. The molecule has 19 heavy (non-hydrogen) atoms. The lowest BCUT2D eigenvalue weighted by Gasteiger charge is -2.08. The van der Waals surface area contributed by atoms with Gasteiger partial charge < -0.3 is 10.6 Å². The Balaban J connectivity index is 1.88. The van der Waals surface area contributed by atoms with Crippen molar-refractivity contribution in [2.24, 2.45) is 0 Å². The van der Waals surface area contributed by atoms with Gasteiger partial charge in [-0.25, -0.2) is 9.18 Å². The Kier molecular flexibility index (Phi) is 4.13. The number of aryl methyl sites for hydroxylation is 1. The second kappa shape index (κ2) is 6.00. The number of nitrogens with one attached hydrogen (secondary N) is 2. The van der Waals surface area contributed by atoms with E-state index in [-0.39, 0.29) is 18.4 Å². The number of halogens is 1. The first-order chi connectivity index (χ1) is 9.15. The Morgan fingerprint density at radius 3 is 2.47 bits per heavy atom. The van der Waals surface area contributed by atoms with Crippen molar-refractivity contribution in [3.05, 3.63) is 65.5 Å². The Hall–Kier alpha value is -2.36. The third-order valence-corrected chi connectivity index (χ3v) is 2.71. The number of benzene rings is 2. The van der Waals surface area contributed by atoms with Crippen LogP contribution in [0, 0.1) is 12.7 Å². The Morgan fingerprint density at radius 1 is 1.11 bits per heavy atom. The van der Waals surface area contributed by atoms with Gasteiger partial charge in [0.2, 0.25) is 0 Å². The van der Waals surface area contributed by atoms with E-state index >= 15 is 0 Å². The van der Waals surface area contributed by atoms with Gasteiger partial charge in [0.05, 0.1) is 0 Å². The molecule has 2 N–H and O–H groups in total. The molecule has 2 rings (SSSR count). The van der Waals surface area contributed by atoms with Gasteiger partial charge in [0.15, 0.2) is 0 Å². The van der Waals surface area contributed by atoms with E-state index in [9.17, 15) is 9.18 Å². The van der Waals surface area contributed by atoms with Crippen molar-refractivity contribution in [2.75, 3.05) is 5.32 Å². The van der Waals surface area contributed by atoms with E-state index in [0.29, 0.717) is 11.3 Å². The number of amides is 2. The SMILES string of the molecule is Cc1ccc(NC(=O)NCc2ccccc2F)cc1. The Bertz CT molecular complexity index is 567. The van der Waals surface area contributed by atoms with Gasteiger partial charge in [-0.3, -0.25) is 0 Å². The fraction of sp³-hybridized carbons (Fsp3) is 0.133. The van der Waals surface area contributed by atoms with E-state index in [1.54, 1.807) is 18.2 Å². The molecular formula is C15H15FN2O. The molecule has 0 saturated carbocycles. The Morgan fingerprint density at radius 2 is 1.79 bits per heavy atom. The van der Waals surface area contributed by atoms with E-state index in [0.717, 1.165) is 5.56 Å². The molecule has 0 aliphatic heterocycles. The molecule has 4 heteroatoms. The largest absolute Gasteiger partial charge is 0.334 e.